The lowest BCUT2D eigenvalue weighted by molar-refractivity contribution is 0.749. The predicted octanol–water partition coefficient (Wildman–Crippen LogP) is 2.79. The Bertz CT molecular complexity index is 878. The highest BCUT2D eigenvalue weighted by Crippen LogP contribution is 2.09. The van der Waals surface area contributed by atoms with E-state index in [4.69, 9.17) is 0 Å². The number of aromatic nitrogens is 3. The molecule has 0 spiro atoms. The number of hydrogen-bond donors (Lipinski definition) is 2. The van der Waals surface area contributed by atoms with E-state index < -0.39 is 0 Å². The van der Waals surface area contributed by atoms with Crippen molar-refractivity contribution >= 4 is 5.96 Å². The van der Waals surface area contributed by atoms with Crippen LogP contribution in [0.3, 0.4) is 0 Å². The standard InChI is InChI=1S/C21H26N6/c1-16-11-17(2)13-18(12-16)9-10-23-21(22-3)24-14-20-26-25-15-27(20)19-7-5-4-6-8-19/h4-8,11-13,15H,9-10,14H2,1-3H3,(H2,22,23,24). The van der Waals surface area contributed by atoms with Gasteiger partial charge < -0.3 is 10.6 Å². The van der Waals surface area contributed by atoms with Crippen LogP contribution in [0.5, 0.6) is 0 Å². The summed E-state index contributed by atoms with van der Waals surface area (Å²) in [6.07, 6.45) is 2.67. The van der Waals surface area contributed by atoms with E-state index >= 15 is 0 Å². The van der Waals surface area contributed by atoms with Crippen molar-refractivity contribution in [2.45, 2.75) is 26.8 Å². The second-order valence-corrected chi connectivity index (χ2v) is 6.55. The number of guanidine groups is 1. The molecule has 0 fully saturated rings. The monoisotopic (exact) mass is 362 g/mol. The number of nitrogens with one attached hydrogen (secondary N) is 2. The molecular weight excluding hydrogens is 336 g/mol. The summed E-state index contributed by atoms with van der Waals surface area (Å²) < 4.78 is 1.97. The van der Waals surface area contributed by atoms with Crippen LogP contribution in [0, 0.1) is 13.8 Å². The summed E-state index contributed by atoms with van der Waals surface area (Å²) >= 11 is 0. The molecule has 3 aromatic rings. The van der Waals surface area contributed by atoms with Gasteiger partial charge in [0, 0.05) is 19.3 Å². The van der Waals surface area contributed by atoms with Crippen molar-refractivity contribution in [3.8, 4) is 5.69 Å². The zero-order chi connectivity index (χ0) is 19.1. The van der Waals surface area contributed by atoms with Gasteiger partial charge in [0.05, 0.1) is 6.54 Å². The average Bonchev–Trinajstić information content (AvgIpc) is 3.13. The number of aliphatic imine (C=N–C) groups is 1. The molecule has 0 unspecified atom stereocenters. The molecule has 0 aliphatic rings. The molecule has 0 atom stereocenters. The van der Waals surface area contributed by atoms with Crippen LogP contribution in [0.1, 0.15) is 22.5 Å². The summed E-state index contributed by atoms with van der Waals surface area (Å²) in [5, 5.41) is 14.9. The molecule has 0 radical (unpaired) electrons. The summed E-state index contributed by atoms with van der Waals surface area (Å²) in [5.41, 5.74) is 4.97. The van der Waals surface area contributed by atoms with Crippen LogP contribution in [-0.4, -0.2) is 34.3 Å². The van der Waals surface area contributed by atoms with Crippen molar-refractivity contribution in [1.29, 1.82) is 0 Å². The van der Waals surface area contributed by atoms with Gasteiger partial charge in [0.1, 0.15) is 6.33 Å². The highest BCUT2D eigenvalue weighted by atomic mass is 15.3. The van der Waals surface area contributed by atoms with E-state index in [9.17, 15) is 0 Å². The molecule has 0 bridgehead atoms. The van der Waals surface area contributed by atoms with Gasteiger partial charge in [-0.1, -0.05) is 47.5 Å². The molecule has 6 nitrogen and oxygen atoms in total. The fourth-order valence-corrected chi connectivity index (χ4v) is 3.11. The Morgan fingerprint density at radius 2 is 1.78 bits per heavy atom. The molecule has 0 aliphatic heterocycles. The minimum Gasteiger partial charge on any atom is -0.356 e. The largest absolute Gasteiger partial charge is 0.356 e. The van der Waals surface area contributed by atoms with Crippen LogP contribution in [0.25, 0.3) is 5.69 Å². The average molecular weight is 362 g/mol. The Morgan fingerprint density at radius 3 is 2.48 bits per heavy atom. The van der Waals surface area contributed by atoms with E-state index in [1.807, 2.05) is 34.9 Å². The lowest BCUT2D eigenvalue weighted by Crippen LogP contribution is -2.38. The molecule has 0 saturated carbocycles. The molecule has 3 rings (SSSR count). The van der Waals surface area contributed by atoms with Crippen LogP contribution in [0.4, 0.5) is 0 Å². The number of aryl methyl sites for hydroxylation is 2. The summed E-state index contributed by atoms with van der Waals surface area (Å²) in [7, 11) is 1.77. The third-order valence-electron chi connectivity index (χ3n) is 4.28. The van der Waals surface area contributed by atoms with Gasteiger partial charge in [-0.3, -0.25) is 9.56 Å². The van der Waals surface area contributed by atoms with Crippen molar-refractivity contribution in [3.63, 3.8) is 0 Å². The molecule has 0 saturated heterocycles. The summed E-state index contributed by atoms with van der Waals surface area (Å²) in [5.74, 6) is 1.58. The van der Waals surface area contributed by atoms with E-state index in [2.05, 4.69) is 57.9 Å². The third kappa shape index (κ3) is 5.17. The van der Waals surface area contributed by atoms with Gasteiger partial charge in [-0.25, -0.2) is 0 Å². The van der Waals surface area contributed by atoms with Gasteiger partial charge in [0.25, 0.3) is 0 Å². The molecule has 6 heteroatoms. The summed E-state index contributed by atoms with van der Waals surface area (Å²) in [6.45, 7) is 5.62. The highest BCUT2D eigenvalue weighted by molar-refractivity contribution is 5.79. The van der Waals surface area contributed by atoms with Crippen LogP contribution in [-0.2, 0) is 13.0 Å². The fraction of sp³-hybridized carbons (Fsp3) is 0.286. The normalized spacial score (nSPS) is 11.4. The quantitative estimate of drug-likeness (QED) is 0.523. The van der Waals surface area contributed by atoms with Crippen molar-refractivity contribution in [1.82, 2.24) is 25.4 Å². The Hall–Kier alpha value is -3.15. The molecule has 27 heavy (non-hydrogen) atoms. The minimum absolute atomic E-state index is 0.540. The number of rotatable bonds is 6. The molecule has 1 heterocycles. The summed E-state index contributed by atoms with van der Waals surface area (Å²) in [4.78, 5) is 4.29. The zero-order valence-corrected chi connectivity index (χ0v) is 16.1. The van der Waals surface area contributed by atoms with Gasteiger partial charge in [0.2, 0.25) is 0 Å². The molecular formula is C21H26N6. The maximum Gasteiger partial charge on any atom is 0.191 e. The molecule has 2 aromatic carbocycles. The SMILES string of the molecule is CN=C(NCCc1cc(C)cc(C)c1)NCc1nncn1-c1ccccc1. The van der Waals surface area contributed by atoms with Gasteiger partial charge in [-0.2, -0.15) is 0 Å². The number of para-hydroxylation sites is 1. The fourth-order valence-electron chi connectivity index (χ4n) is 3.11. The van der Waals surface area contributed by atoms with Crippen molar-refractivity contribution in [2.24, 2.45) is 4.99 Å². The first-order chi connectivity index (χ1) is 13.2. The number of nitrogens with zero attached hydrogens (tertiary/aromatic N) is 4. The van der Waals surface area contributed by atoms with Gasteiger partial charge >= 0.3 is 0 Å². The lowest BCUT2D eigenvalue weighted by atomic mass is 10.1. The Labute approximate surface area is 160 Å². The van der Waals surface area contributed by atoms with Crippen LogP contribution in [0.15, 0.2) is 59.9 Å². The van der Waals surface area contributed by atoms with E-state index in [1.54, 1.807) is 13.4 Å². The molecule has 0 amide bonds. The lowest BCUT2D eigenvalue weighted by Gasteiger charge is -2.13. The first kappa shape index (κ1) is 18.6. The predicted molar refractivity (Wildman–Crippen MR) is 109 cm³/mol. The van der Waals surface area contributed by atoms with E-state index in [1.165, 1.54) is 16.7 Å². The second kappa shape index (κ2) is 8.98. The second-order valence-electron chi connectivity index (χ2n) is 6.55. The number of benzene rings is 2. The first-order valence-electron chi connectivity index (χ1n) is 9.11. The van der Waals surface area contributed by atoms with Crippen LogP contribution >= 0.6 is 0 Å². The molecule has 2 N–H and O–H groups in total. The Balaban J connectivity index is 1.54. The van der Waals surface area contributed by atoms with Gasteiger partial charge in [-0.05, 0) is 38.0 Å². The zero-order valence-electron chi connectivity index (χ0n) is 16.1. The van der Waals surface area contributed by atoms with Crippen LogP contribution in [0.2, 0.25) is 0 Å². The first-order valence-corrected chi connectivity index (χ1v) is 9.11. The number of hydrogen-bond acceptors (Lipinski definition) is 3. The maximum atomic E-state index is 4.29. The van der Waals surface area contributed by atoms with Crippen LogP contribution < -0.4 is 10.6 Å². The van der Waals surface area contributed by atoms with E-state index in [0.29, 0.717) is 6.54 Å². The molecule has 0 aliphatic carbocycles. The molecule has 1 aromatic heterocycles. The van der Waals surface area contributed by atoms with Gasteiger partial charge in [-0.15, -0.1) is 10.2 Å². The Kier molecular flexibility index (Phi) is 6.20. The maximum absolute atomic E-state index is 4.29. The van der Waals surface area contributed by atoms with Crippen molar-refractivity contribution < 1.29 is 0 Å². The Morgan fingerprint density at radius 1 is 1.04 bits per heavy atom. The van der Waals surface area contributed by atoms with E-state index in [0.717, 1.165) is 30.4 Å². The molecule has 140 valence electrons. The van der Waals surface area contributed by atoms with Gasteiger partial charge in [0.15, 0.2) is 11.8 Å². The summed E-state index contributed by atoms with van der Waals surface area (Å²) in [6, 6.07) is 16.7. The third-order valence-corrected chi connectivity index (χ3v) is 4.28. The van der Waals surface area contributed by atoms with Crippen molar-refractivity contribution in [3.05, 3.63) is 77.4 Å². The minimum atomic E-state index is 0.540. The smallest absolute Gasteiger partial charge is 0.191 e. The highest BCUT2D eigenvalue weighted by Gasteiger charge is 2.07. The van der Waals surface area contributed by atoms with E-state index in [-0.39, 0.29) is 0 Å². The topological polar surface area (TPSA) is 67.1 Å². The van der Waals surface area contributed by atoms with Crippen molar-refractivity contribution in [2.75, 3.05) is 13.6 Å².